The molecule has 0 bridgehead atoms. The first-order valence-corrected chi connectivity index (χ1v) is 5.59. The third kappa shape index (κ3) is 7.81. The van der Waals surface area contributed by atoms with Gasteiger partial charge in [-0.05, 0) is 27.7 Å². The zero-order valence-corrected chi connectivity index (χ0v) is 11.0. The molecule has 18 heavy (non-hydrogen) atoms. The highest BCUT2D eigenvalue weighted by Gasteiger charge is 2.28. The van der Waals surface area contributed by atoms with Gasteiger partial charge >= 0.3 is 12.1 Å². The highest BCUT2D eigenvalue weighted by Crippen LogP contribution is 2.10. The Labute approximate surface area is 105 Å². The number of hydrogen-bond donors (Lipinski definition) is 1. The lowest BCUT2D eigenvalue weighted by molar-refractivity contribution is -0.144. The molecule has 5 nitrogen and oxygen atoms in total. The van der Waals surface area contributed by atoms with E-state index in [4.69, 9.17) is 4.74 Å². The summed E-state index contributed by atoms with van der Waals surface area (Å²) in [5, 5.41) is 1.95. The van der Waals surface area contributed by atoms with Gasteiger partial charge in [-0.2, -0.15) is 0 Å². The van der Waals surface area contributed by atoms with Crippen LogP contribution in [0.5, 0.6) is 0 Å². The van der Waals surface area contributed by atoms with Crippen molar-refractivity contribution in [2.24, 2.45) is 0 Å². The number of nitrogens with one attached hydrogen (secondary N) is 1. The van der Waals surface area contributed by atoms with Crippen LogP contribution in [0.2, 0.25) is 0 Å². The topological polar surface area (TPSA) is 64.6 Å². The Kier molecular flexibility index (Phi) is 6.57. The smallest absolute Gasteiger partial charge is 0.408 e. The van der Waals surface area contributed by atoms with E-state index in [9.17, 15) is 18.4 Å². The largest absolute Gasteiger partial charge is 0.466 e. The second-order valence-electron chi connectivity index (χ2n) is 4.60. The van der Waals surface area contributed by atoms with Gasteiger partial charge in [-0.1, -0.05) is 0 Å². The maximum absolute atomic E-state index is 12.6. The third-order valence-corrected chi connectivity index (χ3v) is 1.70. The number of halogens is 2. The normalized spacial score (nSPS) is 13.1. The fraction of sp³-hybridized carbons (Fsp3) is 0.818. The fourth-order valence-corrected chi connectivity index (χ4v) is 1.06. The summed E-state index contributed by atoms with van der Waals surface area (Å²) >= 11 is 0. The second-order valence-corrected chi connectivity index (χ2v) is 4.60. The van der Waals surface area contributed by atoms with Crippen molar-refractivity contribution < 1.29 is 27.8 Å². The van der Waals surface area contributed by atoms with E-state index >= 15 is 0 Å². The first-order chi connectivity index (χ1) is 8.15. The number of carbonyl (C=O) groups is 2. The van der Waals surface area contributed by atoms with Crippen LogP contribution in [0.15, 0.2) is 0 Å². The van der Waals surface area contributed by atoms with E-state index in [0.717, 1.165) is 0 Å². The fourth-order valence-electron chi connectivity index (χ4n) is 1.06. The molecular weight excluding hydrogens is 248 g/mol. The van der Waals surface area contributed by atoms with Crippen molar-refractivity contribution in [3.63, 3.8) is 0 Å². The van der Waals surface area contributed by atoms with Gasteiger partial charge in [0.1, 0.15) is 11.6 Å². The van der Waals surface area contributed by atoms with E-state index in [1.54, 1.807) is 27.7 Å². The van der Waals surface area contributed by atoms with Gasteiger partial charge in [-0.3, -0.25) is 4.79 Å². The number of rotatable bonds is 5. The Bertz CT molecular complexity index is 289. The van der Waals surface area contributed by atoms with Gasteiger partial charge in [0.25, 0.3) is 6.43 Å². The van der Waals surface area contributed by atoms with E-state index in [1.807, 2.05) is 5.32 Å². The molecule has 0 radical (unpaired) electrons. The first-order valence-electron chi connectivity index (χ1n) is 5.59. The Morgan fingerprint density at radius 1 is 1.28 bits per heavy atom. The predicted molar refractivity (Wildman–Crippen MR) is 60.4 cm³/mol. The van der Waals surface area contributed by atoms with Gasteiger partial charge < -0.3 is 14.8 Å². The zero-order chi connectivity index (χ0) is 14.3. The van der Waals surface area contributed by atoms with Crippen LogP contribution in [0, 0.1) is 0 Å². The minimum absolute atomic E-state index is 0.0984. The summed E-state index contributed by atoms with van der Waals surface area (Å²) in [7, 11) is 0. The lowest BCUT2D eigenvalue weighted by Gasteiger charge is -2.22. The average Bonchev–Trinajstić information content (AvgIpc) is 2.13. The Balaban J connectivity index is 4.36. The van der Waals surface area contributed by atoms with Gasteiger partial charge in [0.2, 0.25) is 0 Å². The number of carbonyl (C=O) groups excluding carboxylic acids is 2. The van der Waals surface area contributed by atoms with Crippen LogP contribution in [0.1, 0.15) is 34.1 Å². The SMILES string of the molecule is CCOC(=O)CC(NC(=O)OC(C)(C)C)C(F)F. The van der Waals surface area contributed by atoms with E-state index < -0.39 is 36.6 Å². The standard InChI is InChI=1S/C11H19F2NO4/c1-5-17-8(15)6-7(9(12)13)14-10(16)18-11(2,3)4/h7,9H,5-6H2,1-4H3,(H,14,16). The van der Waals surface area contributed by atoms with Gasteiger partial charge in [0.15, 0.2) is 0 Å². The minimum atomic E-state index is -2.87. The van der Waals surface area contributed by atoms with Crippen LogP contribution < -0.4 is 5.32 Å². The van der Waals surface area contributed by atoms with Gasteiger partial charge in [0, 0.05) is 0 Å². The zero-order valence-electron chi connectivity index (χ0n) is 11.0. The molecule has 0 saturated carbocycles. The van der Waals surface area contributed by atoms with Crippen molar-refractivity contribution in [3.8, 4) is 0 Å². The molecular formula is C11H19F2NO4. The van der Waals surface area contributed by atoms with Crippen molar-refractivity contribution in [1.82, 2.24) is 5.32 Å². The van der Waals surface area contributed by atoms with Crippen LogP contribution in [0.4, 0.5) is 13.6 Å². The molecule has 0 aromatic heterocycles. The van der Waals surface area contributed by atoms with Crippen LogP contribution >= 0.6 is 0 Å². The van der Waals surface area contributed by atoms with Crippen molar-refractivity contribution in [1.29, 1.82) is 0 Å². The summed E-state index contributed by atoms with van der Waals surface area (Å²) in [5.74, 6) is -0.793. The highest BCUT2D eigenvalue weighted by atomic mass is 19.3. The minimum Gasteiger partial charge on any atom is -0.466 e. The molecule has 0 heterocycles. The van der Waals surface area contributed by atoms with E-state index in [2.05, 4.69) is 4.74 Å². The number of alkyl halides is 2. The average molecular weight is 267 g/mol. The molecule has 7 heteroatoms. The predicted octanol–water partition coefficient (Wildman–Crippen LogP) is 2.10. The summed E-state index contributed by atoms with van der Waals surface area (Å²) in [4.78, 5) is 22.4. The molecule has 1 N–H and O–H groups in total. The molecule has 0 spiro atoms. The summed E-state index contributed by atoms with van der Waals surface area (Å²) in [5.41, 5.74) is -0.791. The molecule has 0 rings (SSSR count). The molecule has 0 aliphatic heterocycles. The lowest BCUT2D eigenvalue weighted by Crippen LogP contribution is -2.44. The molecule has 106 valence electrons. The molecule has 0 saturated heterocycles. The Morgan fingerprint density at radius 3 is 2.22 bits per heavy atom. The van der Waals surface area contributed by atoms with Crippen molar-refractivity contribution >= 4 is 12.1 Å². The van der Waals surface area contributed by atoms with Gasteiger partial charge in [-0.25, -0.2) is 13.6 Å². The lowest BCUT2D eigenvalue weighted by atomic mass is 10.2. The Morgan fingerprint density at radius 2 is 1.83 bits per heavy atom. The molecule has 1 atom stereocenters. The van der Waals surface area contributed by atoms with Crippen LogP contribution in [0.3, 0.4) is 0 Å². The highest BCUT2D eigenvalue weighted by molar-refractivity contribution is 5.73. The summed E-state index contributed by atoms with van der Waals surface area (Å²) in [6.45, 7) is 6.48. The van der Waals surface area contributed by atoms with E-state index in [1.165, 1.54) is 0 Å². The summed E-state index contributed by atoms with van der Waals surface area (Å²) in [6, 6.07) is -1.61. The molecule has 0 aromatic carbocycles. The molecule has 0 aromatic rings. The number of esters is 1. The van der Waals surface area contributed by atoms with Crippen molar-refractivity contribution in [3.05, 3.63) is 0 Å². The quantitative estimate of drug-likeness (QED) is 0.775. The third-order valence-electron chi connectivity index (χ3n) is 1.70. The summed E-state index contributed by atoms with van der Waals surface area (Å²) < 4.78 is 34.6. The van der Waals surface area contributed by atoms with Crippen LogP contribution in [-0.4, -0.2) is 36.7 Å². The van der Waals surface area contributed by atoms with Crippen LogP contribution in [0.25, 0.3) is 0 Å². The maximum atomic E-state index is 12.6. The molecule has 0 aliphatic carbocycles. The van der Waals surface area contributed by atoms with Gasteiger partial charge in [0.05, 0.1) is 13.0 Å². The molecule has 1 unspecified atom stereocenters. The molecule has 1 amide bonds. The molecule has 0 fully saturated rings. The van der Waals surface area contributed by atoms with Crippen LogP contribution in [-0.2, 0) is 14.3 Å². The maximum Gasteiger partial charge on any atom is 0.408 e. The van der Waals surface area contributed by atoms with Gasteiger partial charge in [-0.15, -0.1) is 0 Å². The van der Waals surface area contributed by atoms with Crippen molar-refractivity contribution in [2.45, 2.75) is 52.2 Å². The first kappa shape index (κ1) is 16.6. The summed E-state index contributed by atoms with van der Waals surface area (Å²) in [6.07, 6.45) is -4.45. The monoisotopic (exact) mass is 267 g/mol. The number of hydrogen-bond acceptors (Lipinski definition) is 4. The van der Waals surface area contributed by atoms with Crippen molar-refractivity contribution in [2.75, 3.05) is 6.61 Å². The molecule has 0 aliphatic rings. The number of alkyl carbamates (subject to hydrolysis) is 1. The Hall–Kier alpha value is -1.40. The van der Waals surface area contributed by atoms with E-state index in [0.29, 0.717) is 0 Å². The number of amides is 1. The van der Waals surface area contributed by atoms with E-state index in [-0.39, 0.29) is 6.61 Å². The second kappa shape index (κ2) is 7.13. The number of ether oxygens (including phenoxy) is 2.